The summed E-state index contributed by atoms with van der Waals surface area (Å²) >= 11 is 0. The largest absolute Gasteiger partial charge is 0.295 e. The van der Waals surface area contributed by atoms with Crippen LogP contribution in [0.15, 0.2) is 121 Å². The van der Waals surface area contributed by atoms with Crippen LogP contribution in [0.2, 0.25) is 0 Å². The molecule has 0 bridgehead atoms. The summed E-state index contributed by atoms with van der Waals surface area (Å²) in [6, 6.07) is 43.8. The van der Waals surface area contributed by atoms with Crippen molar-refractivity contribution in [2.75, 3.05) is 4.67 Å². The number of fused-ring (bicyclic) bond motifs is 2. The van der Waals surface area contributed by atoms with E-state index < -0.39 is 7.68 Å². The lowest BCUT2D eigenvalue weighted by Gasteiger charge is -2.30. The fourth-order valence-corrected chi connectivity index (χ4v) is 7.17. The summed E-state index contributed by atoms with van der Waals surface area (Å²) in [5.74, 6) is 0. The first kappa shape index (κ1) is 18.9. The third kappa shape index (κ3) is 3.19. The minimum atomic E-state index is -0.817. The van der Waals surface area contributed by atoms with E-state index in [1.54, 1.807) is 0 Å². The predicted molar refractivity (Wildman–Crippen MR) is 139 cm³/mol. The van der Waals surface area contributed by atoms with Gasteiger partial charge < -0.3 is 0 Å². The first-order chi connectivity index (χ1) is 15.9. The van der Waals surface area contributed by atoms with Gasteiger partial charge in [0.2, 0.25) is 0 Å². The number of hydrogen-bond acceptors (Lipinski definition) is 1. The topological polar surface area (TPSA) is 3.24 Å². The van der Waals surface area contributed by atoms with Crippen LogP contribution in [0, 0.1) is 0 Å². The Morgan fingerprint density at radius 1 is 0.406 bits per heavy atom. The van der Waals surface area contributed by atoms with Gasteiger partial charge in [-0.05, 0) is 54.2 Å². The molecule has 0 amide bonds. The zero-order valence-electron chi connectivity index (χ0n) is 17.6. The molecule has 4 aromatic carbocycles. The van der Waals surface area contributed by atoms with Gasteiger partial charge >= 0.3 is 0 Å². The molecule has 152 valence electrons. The van der Waals surface area contributed by atoms with Crippen molar-refractivity contribution in [2.45, 2.75) is 0 Å². The van der Waals surface area contributed by atoms with Crippen molar-refractivity contribution >= 4 is 31.2 Å². The van der Waals surface area contributed by atoms with E-state index in [2.05, 4.69) is 138 Å². The summed E-state index contributed by atoms with van der Waals surface area (Å²) in [5, 5.41) is 2.76. The molecule has 0 unspecified atom stereocenters. The second kappa shape index (κ2) is 8.04. The van der Waals surface area contributed by atoms with Crippen LogP contribution in [0.3, 0.4) is 0 Å². The van der Waals surface area contributed by atoms with Gasteiger partial charge in [0.1, 0.15) is 0 Å². The molecule has 0 fully saturated rings. The molecule has 0 aliphatic carbocycles. The fraction of sp³-hybridized carbons (Fsp3) is 0. The summed E-state index contributed by atoms with van der Waals surface area (Å²) < 4.78 is 2.59. The van der Waals surface area contributed by atoms with Crippen LogP contribution in [0.1, 0.15) is 11.1 Å². The van der Waals surface area contributed by atoms with E-state index in [0.717, 1.165) is 0 Å². The molecule has 0 radical (unpaired) electrons. The lowest BCUT2D eigenvalue weighted by Crippen LogP contribution is -2.08. The molecule has 32 heavy (non-hydrogen) atoms. The van der Waals surface area contributed by atoms with E-state index in [4.69, 9.17) is 0 Å². The minimum absolute atomic E-state index is 0.817. The molecule has 5 aromatic rings. The minimum Gasteiger partial charge on any atom is -0.295 e. The second-order valence-corrected chi connectivity index (χ2v) is 9.90. The highest BCUT2D eigenvalue weighted by atomic mass is 31.1. The van der Waals surface area contributed by atoms with Gasteiger partial charge in [0.05, 0.1) is 11.4 Å². The molecule has 0 atom stereocenters. The second-order valence-electron chi connectivity index (χ2n) is 7.91. The van der Waals surface area contributed by atoms with Crippen molar-refractivity contribution in [1.29, 1.82) is 0 Å². The van der Waals surface area contributed by atoms with Crippen LogP contribution in [0.5, 0.6) is 0 Å². The van der Waals surface area contributed by atoms with E-state index in [1.165, 1.54) is 44.2 Å². The van der Waals surface area contributed by atoms with Crippen LogP contribution in [0.4, 0.5) is 11.4 Å². The van der Waals surface area contributed by atoms with Crippen LogP contribution in [-0.2, 0) is 0 Å². The lowest BCUT2D eigenvalue weighted by molar-refractivity contribution is 1.41. The Labute approximate surface area is 190 Å². The van der Waals surface area contributed by atoms with Gasteiger partial charge in [-0.15, -0.1) is 0 Å². The van der Waals surface area contributed by atoms with Gasteiger partial charge in [-0.25, -0.2) is 0 Å². The molecule has 6 rings (SSSR count). The quantitative estimate of drug-likeness (QED) is 0.272. The van der Waals surface area contributed by atoms with Crippen LogP contribution in [-0.4, -0.2) is 0 Å². The average Bonchev–Trinajstić information content (AvgIpc) is 3.23. The summed E-state index contributed by atoms with van der Waals surface area (Å²) in [6.45, 7) is 0. The summed E-state index contributed by atoms with van der Waals surface area (Å²) in [5.41, 5.74) is 7.58. The lowest BCUT2D eigenvalue weighted by atomic mass is 10.1. The molecule has 1 aliphatic rings. The highest BCUT2D eigenvalue weighted by Crippen LogP contribution is 2.59. The summed E-state index contributed by atoms with van der Waals surface area (Å²) in [4.78, 5) is 0. The first-order valence-electron chi connectivity index (χ1n) is 10.9. The van der Waals surface area contributed by atoms with Crippen molar-refractivity contribution in [1.82, 2.24) is 0 Å². The molecule has 0 N–H and O–H groups in total. The Balaban J connectivity index is 1.70. The Morgan fingerprint density at radius 3 is 1.28 bits per heavy atom. The van der Waals surface area contributed by atoms with E-state index in [0.29, 0.717) is 0 Å². The van der Waals surface area contributed by atoms with Crippen molar-refractivity contribution in [3.8, 4) is 21.7 Å². The van der Waals surface area contributed by atoms with Crippen LogP contribution in [0.25, 0.3) is 33.9 Å². The maximum absolute atomic E-state index is 2.59. The average molecular weight is 427 g/mol. The van der Waals surface area contributed by atoms with Gasteiger partial charge in [-0.1, -0.05) is 109 Å². The fourth-order valence-electron chi connectivity index (χ4n) is 4.47. The summed E-state index contributed by atoms with van der Waals surface area (Å²) in [6.07, 6.45) is 4.49. The van der Waals surface area contributed by atoms with E-state index in [9.17, 15) is 0 Å². The molecule has 2 heterocycles. The number of benzene rings is 4. The number of nitrogens with zero attached hydrogens (tertiary/aromatic N) is 1. The maximum Gasteiger partial charge on any atom is 0.0566 e. The highest BCUT2D eigenvalue weighted by molar-refractivity contribution is 7.58. The van der Waals surface area contributed by atoms with E-state index in [-0.39, 0.29) is 0 Å². The molecule has 2 heteroatoms. The zero-order chi connectivity index (χ0) is 21.3. The normalized spacial score (nSPS) is 12.2. The molecule has 0 saturated carbocycles. The zero-order valence-corrected chi connectivity index (χ0v) is 18.5. The van der Waals surface area contributed by atoms with Crippen molar-refractivity contribution in [2.24, 2.45) is 0 Å². The van der Waals surface area contributed by atoms with Crippen LogP contribution >= 0.6 is 7.68 Å². The maximum atomic E-state index is 2.59. The SMILES string of the molecule is C1=Cc2ccccc2N(p2c(-c3ccccc3)ccc2-c2ccccc2)c2ccccc21. The third-order valence-electron chi connectivity index (χ3n) is 5.97. The molecule has 1 nitrogen and oxygen atoms in total. The predicted octanol–water partition coefficient (Wildman–Crippen LogP) is 9.09. The Kier molecular flexibility index (Phi) is 4.75. The first-order valence-corrected chi connectivity index (χ1v) is 12.2. The number of anilines is 2. The van der Waals surface area contributed by atoms with Crippen molar-refractivity contribution < 1.29 is 0 Å². The molecule has 1 aromatic heterocycles. The van der Waals surface area contributed by atoms with Gasteiger partial charge in [-0.3, -0.25) is 4.67 Å². The molecular weight excluding hydrogens is 405 g/mol. The van der Waals surface area contributed by atoms with E-state index >= 15 is 0 Å². The molecular formula is C30H22NP. The third-order valence-corrected chi connectivity index (χ3v) is 8.53. The highest BCUT2D eigenvalue weighted by Gasteiger charge is 2.25. The number of hydrogen-bond donors (Lipinski definition) is 0. The van der Waals surface area contributed by atoms with Crippen molar-refractivity contribution in [3.05, 3.63) is 132 Å². The number of para-hydroxylation sites is 2. The Bertz CT molecular complexity index is 1310. The Morgan fingerprint density at radius 2 is 0.812 bits per heavy atom. The molecule has 1 aliphatic heterocycles. The van der Waals surface area contributed by atoms with Gasteiger partial charge in [-0.2, -0.15) is 0 Å². The van der Waals surface area contributed by atoms with Gasteiger partial charge in [0.25, 0.3) is 0 Å². The smallest absolute Gasteiger partial charge is 0.0566 e. The molecule has 0 spiro atoms. The molecule has 0 saturated heterocycles. The summed E-state index contributed by atoms with van der Waals surface area (Å²) in [7, 11) is -0.817. The standard InChI is InChI=1S/C30H22NP/c1-3-13-25(14-4-1)29-21-22-30(26-15-5-2-6-16-26)32(29)31-27-17-9-7-11-23(27)19-20-24-12-8-10-18-28(24)31/h1-22H. The Hall–Kier alpha value is -3.80. The van der Waals surface area contributed by atoms with Gasteiger partial charge in [0.15, 0.2) is 0 Å². The van der Waals surface area contributed by atoms with E-state index in [1.807, 2.05) is 0 Å². The van der Waals surface area contributed by atoms with Crippen LogP contribution < -0.4 is 4.67 Å². The monoisotopic (exact) mass is 427 g/mol. The van der Waals surface area contributed by atoms with Gasteiger partial charge in [0, 0.05) is 10.6 Å². The number of rotatable bonds is 3. The van der Waals surface area contributed by atoms with Crippen molar-refractivity contribution in [3.63, 3.8) is 0 Å².